The zero-order valence-corrected chi connectivity index (χ0v) is 30.9. The molecule has 0 saturated heterocycles. The molecule has 0 saturated carbocycles. The summed E-state index contributed by atoms with van der Waals surface area (Å²) < 4.78 is 37.8. The van der Waals surface area contributed by atoms with Crippen molar-refractivity contribution in [3.63, 3.8) is 0 Å². The number of ether oxygens (including phenoxy) is 2. The Morgan fingerprint density at radius 2 is 1.45 bits per heavy atom. The molecule has 3 rings (SSSR count). The van der Waals surface area contributed by atoms with Crippen LogP contribution < -0.4 is 26.4 Å². The van der Waals surface area contributed by atoms with Gasteiger partial charge in [-0.05, 0) is 68.7 Å². The molecule has 0 aliphatic heterocycles. The van der Waals surface area contributed by atoms with Gasteiger partial charge in [-0.25, -0.2) is 22.7 Å². The molecule has 0 heterocycles. The van der Waals surface area contributed by atoms with Gasteiger partial charge in [0.15, 0.2) is 5.54 Å². The molecule has 0 aromatic heterocycles. The van der Waals surface area contributed by atoms with Crippen LogP contribution in [0.1, 0.15) is 55.2 Å². The van der Waals surface area contributed by atoms with Crippen LogP contribution >= 0.6 is 0 Å². The van der Waals surface area contributed by atoms with E-state index in [-0.39, 0.29) is 50.2 Å². The predicted octanol–water partition coefficient (Wildman–Crippen LogP) is 2.82. The number of hydrogen-bond donors (Lipinski definition) is 5. The van der Waals surface area contributed by atoms with Crippen molar-refractivity contribution < 1.29 is 41.9 Å². The van der Waals surface area contributed by atoms with Crippen molar-refractivity contribution in [1.82, 2.24) is 20.7 Å². The largest absolute Gasteiger partial charge is 0.467 e. The van der Waals surface area contributed by atoms with Crippen LogP contribution in [0.25, 0.3) is 0 Å². The summed E-state index contributed by atoms with van der Waals surface area (Å²) >= 11 is 0. The molecular formula is C38H49N5O9S. The van der Waals surface area contributed by atoms with E-state index < -0.39 is 51.5 Å². The van der Waals surface area contributed by atoms with Crippen LogP contribution in [0.15, 0.2) is 89.8 Å². The maximum Gasteiger partial charge on any atom is 0.407 e. The van der Waals surface area contributed by atoms with Crippen LogP contribution in [0.4, 0.5) is 4.79 Å². The molecule has 286 valence electrons. The van der Waals surface area contributed by atoms with Gasteiger partial charge in [0.1, 0.15) is 18.9 Å². The van der Waals surface area contributed by atoms with Gasteiger partial charge in [-0.3, -0.25) is 9.59 Å². The van der Waals surface area contributed by atoms with Crippen LogP contribution in [0.3, 0.4) is 0 Å². The Hall–Kier alpha value is -5.12. The fourth-order valence-corrected chi connectivity index (χ4v) is 6.36. The maximum absolute atomic E-state index is 13.6. The number of esters is 1. The van der Waals surface area contributed by atoms with Crippen LogP contribution in [0.5, 0.6) is 0 Å². The lowest BCUT2D eigenvalue weighted by Crippen LogP contribution is -2.63. The maximum atomic E-state index is 13.6. The fourth-order valence-electron chi connectivity index (χ4n) is 5.28. The summed E-state index contributed by atoms with van der Waals surface area (Å²) in [6, 6.07) is 22.3. The second kappa shape index (κ2) is 21.4. The summed E-state index contributed by atoms with van der Waals surface area (Å²) in [5.41, 5.74) is 6.62. The Labute approximate surface area is 310 Å². The number of carbonyl (C=O) groups is 5. The first-order chi connectivity index (χ1) is 25.4. The summed E-state index contributed by atoms with van der Waals surface area (Å²) in [6.45, 7) is 2.30. The molecule has 15 heteroatoms. The zero-order chi connectivity index (χ0) is 38.7. The summed E-state index contributed by atoms with van der Waals surface area (Å²) in [5.74, 6) is -2.66. The van der Waals surface area contributed by atoms with Gasteiger partial charge in [-0.15, -0.1) is 0 Å². The number of aryl methyl sites for hydroxylation is 1. The lowest BCUT2D eigenvalue weighted by molar-refractivity contribution is -0.153. The highest BCUT2D eigenvalue weighted by molar-refractivity contribution is 7.89. The fraction of sp³-hybridized carbons (Fsp3) is 0.395. The van der Waals surface area contributed by atoms with Crippen molar-refractivity contribution in [1.29, 1.82) is 0 Å². The number of nitrogens with two attached hydrogens (primary N) is 1. The minimum atomic E-state index is -3.76. The molecule has 0 aliphatic rings. The van der Waals surface area contributed by atoms with Crippen LogP contribution in [0.2, 0.25) is 0 Å². The number of benzene rings is 3. The predicted molar refractivity (Wildman–Crippen MR) is 198 cm³/mol. The minimum absolute atomic E-state index is 0.0234. The first kappa shape index (κ1) is 42.3. The number of unbranched alkanes of at least 4 members (excludes halogenated alkanes) is 2. The number of methoxy groups -OCH3 is 1. The average Bonchev–Trinajstić information content (AvgIpc) is 3.16. The van der Waals surface area contributed by atoms with E-state index in [0.29, 0.717) is 31.2 Å². The second-order valence-electron chi connectivity index (χ2n) is 12.6. The standard InChI is InChI=1S/C38H49N5O9S/c1-28-18-20-32(21-19-28)53(49,50)41-24-12-10-22-38(39,36(47)51-2)35(46)43-33(25-29-13-5-3-6-14-29)34(45)42-31(26-44)17-9-11-23-40-37(48)52-27-30-15-7-4-8-16-30/h3-8,13-16,18-21,26,31,33,41H,9-12,17,22-25,27,39H2,1-2H3,(H,40,48)(H,42,45)(H,43,46)/t31-,33-,38+/m0/s1. The number of rotatable bonds is 22. The molecule has 0 fully saturated rings. The van der Waals surface area contributed by atoms with Gasteiger partial charge in [-0.1, -0.05) is 78.4 Å². The molecule has 0 bridgehead atoms. The van der Waals surface area contributed by atoms with Gasteiger partial charge in [0.2, 0.25) is 15.9 Å². The van der Waals surface area contributed by atoms with Crippen LogP contribution in [0, 0.1) is 6.92 Å². The molecule has 53 heavy (non-hydrogen) atoms. The van der Waals surface area contributed by atoms with Gasteiger partial charge < -0.3 is 36.0 Å². The summed E-state index contributed by atoms with van der Waals surface area (Å²) in [5, 5.41) is 7.90. The van der Waals surface area contributed by atoms with Crippen molar-refractivity contribution in [2.24, 2.45) is 5.73 Å². The van der Waals surface area contributed by atoms with E-state index >= 15 is 0 Å². The van der Waals surface area contributed by atoms with E-state index in [1.165, 1.54) is 12.1 Å². The molecule has 0 unspecified atom stereocenters. The summed E-state index contributed by atoms with van der Waals surface area (Å²) in [4.78, 5) is 64.1. The monoisotopic (exact) mass is 751 g/mol. The normalized spacial score (nSPS) is 13.4. The Balaban J connectivity index is 1.56. The van der Waals surface area contributed by atoms with E-state index in [0.717, 1.165) is 18.2 Å². The Kier molecular flexibility index (Phi) is 17.1. The third-order valence-electron chi connectivity index (χ3n) is 8.40. The lowest BCUT2D eigenvalue weighted by Gasteiger charge is -2.28. The van der Waals surface area contributed by atoms with Crippen molar-refractivity contribution in [3.05, 3.63) is 102 Å². The Morgan fingerprint density at radius 3 is 2.08 bits per heavy atom. The van der Waals surface area contributed by atoms with Crippen molar-refractivity contribution >= 4 is 40.2 Å². The third-order valence-corrected chi connectivity index (χ3v) is 9.87. The smallest absolute Gasteiger partial charge is 0.407 e. The highest BCUT2D eigenvalue weighted by Gasteiger charge is 2.44. The van der Waals surface area contributed by atoms with Crippen LogP contribution in [-0.4, -0.2) is 76.4 Å². The average molecular weight is 752 g/mol. The number of alkyl carbamates (subject to hydrolysis) is 1. The van der Waals surface area contributed by atoms with E-state index in [1.54, 1.807) is 42.5 Å². The molecule has 0 radical (unpaired) electrons. The molecular weight excluding hydrogens is 703 g/mol. The zero-order valence-electron chi connectivity index (χ0n) is 30.0. The van der Waals surface area contributed by atoms with Crippen LogP contribution in [-0.2, 0) is 51.7 Å². The number of amides is 3. The van der Waals surface area contributed by atoms with Gasteiger partial charge in [-0.2, -0.15) is 0 Å². The third kappa shape index (κ3) is 14.1. The molecule has 0 spiro atoms. The minimum Gasteiger partial charge on any atom is -0.467 e. The molecule has 14 nitrogen and oxygen atoms in total. The van der Waals surface area contributed by atoms with E-state index in [9.17, 15) is 32.4 Å². The number of hydrogen-bond acceptors (Lipinski definition) is 10. The van der Waals surface area contributed by atoms with E-state index in [1.807, 2.05) is 37.3 Å². The topological polar surface area (TPSA) is 212 Å². The first-order valence-corrected chi connectivity index (χ1v) is 18.8. The number of aldehydes is 1. The molecule has 0 aliphatic carbocycles. The number of nitrogens with one attached hydrogen (secondary N) is 4. The molecule has 3 aromatic carbocycles. The molecule has 3 amide bonds. The molecule has 3 aromatic rings. The number of sulfonamides is 1. The number of carbonyl (C=O) groups excluding carboxylic acids is 5. The first-order valence-electron chi connectivity index (χ1n) is 17.4. The SMILES string of the molecule is COC(=O)[C@@](N)(CCCCNS(=O)(=O)c1ccc(C)cc1)C(=O)N[C@@H](Cc1ccccc1)C(=O)N[C@H](C=O)CCCCNC(=O)OCc1ccccc1. The second-order valence-corrected chi connectivity index (χ2v) is 14.3. The Bertz CT molecular complexity index is 1740. The van der Waals surface area contributed by atoms with E-state index in [4.69, 9.17) is 15.2 Å². The quantitative estimate of drug-likeness (QED) is 0.0439. The van der Waals surface area contributed by atoms with Gasteiger partial charge in [0, 0.05) is 19.5 Å². The van der Waals surface area contributed by atoms with Crippen molar-refractivity contribution in [3.8, 4) is 0 Å². The van der Waals surface area contributed by atoms with Gasteiger partial charge >= 0.3 is 12.1 Å². The van der Waals surface area contributed by atoms with Crippen molar-refractivity contribution in [2.75, 3.05) is 20.2 Å². The Morgan fingerprint density at radius 1 is 0.830 bits per heavy atom. The summed E-state index contributed by atoms with van der Waals surface area (Å²) in [6.07, 6.45) is 1.50. The summed E-state index contributed by atoms with van der Waals surface area (Å²) in [7, 11) is -2.68. The van der Waals surface area contributed by atoms with Gasteiger partial charge in [0.25, 0.3) is 5.91 Å². The van der Waals surface area contributed by atoms with E-state index in [2.05, 4.69) is 20.7 Å². The van der Waals surface area contributed by atoms with Crippen molar-refractivity contribution in [2.45, 2.75) is 81.0 Å². The lowest BCUT2D eigenvalue weighted by atomic mass is 9.91. The molecule has 6 N–H and O–H groups in total. The molecule has 3 atom stereocenters. The highest BCUT2D eigenvalue weighted by Crippen LogP contribution is 2.17. The highest BCUT2D eigenvalue weighted by atomic mass is 32.2. The van der Waals surface area contributed by atoms with Gasteiger partial charge in [0.05, 0.1) is 18.0 Å².